The van der Waals surface area contributed by atoms with Crippen LogP contribution in [0.2, 0.25) is 0 Å². The maximum Gasteiger partial charge on any atom is 0.260 e. The van der Waals surface area contributed by atoms with E-state index in [1.807, 2.05) is 39.2 Å². The van der Waals surface area contributed by atoms with E-state index in [4.69, 9.17) is 15.0 Å². The van der Waals surface area contributed by atoms with Crippen molar-refractivity contribution in [1.82, 2.24) is 9.88 Å². The second kappa shape index (κ2) is 10.9. The molecule has 0 fully saturated rings. The van der Waals surface area contributed by atoms with Gasteiger partial charge in [0.2, 0.25) is 0 Å². The summed E-state index contributed by atoms with van der Waals surface area (Å²) in [5.41, 5.74) is 1.85. The van der Waals surface area contributed by atoms with Crippen molar-refractivity contribution in [2.24, 2.45) is 0 Å². The number of hydrogen-bond donors (Lipinski definition) is 0. The number of fused-ring (bicyclic) bond motifs is 1. The number of aromatic nitrogens is 1. The van der Waals surface area contributed by atoms with Crippen molar-refractivity contribution in [1.29, 1.82) is 5.26 Å². The Kier molecular flexibility index (Phi) is 8.60. The summed E-state index contributed by atoms with van der Waals surface area (Å²) in [4.78, 5) is 21.8. The van der Waals surface area contributed by atoms with Crippen molar-refractivity contribution in [3.8, 4) is 11.8 Å². The van der Waals surface area contributed by atoms with Crippen molar-refractivity contribution in [2.75, 3.05) is 38.7 Å². The highest BCUT2D eigenvalue weighted by Crippen LogP contribution is 2.34. The summed E-state index contributed by atoms with van der Waals surface area (Å²) in [5.74, 6) is 0.608. The highest BCUT2D eigenvalue weighted by Gasteiger charge is 2.22. The maximum absolute atomic E-state index is 13.3. The summed E-state index contributed by atoms with van der Waals surface area (Å²) < 4.78 is 6.68. The van der Waals surface area contributed by atoms with Crippen LogP contribution in [-0.4, -0.2) is 49.6 Å². The topological polar surface area (TPSA) is 69.5 Å². The van der Waals surface area contributed by atoms with Gasteiger partial charge in [0.05, 0.1) is 22.9 Å². The van der Waals surface area contributed by atoms with Crippen LogP contribution in [0.25, 0.3) is 10.2 Å². The van der Waals surface area contributed by atoms with Crippen LogP contribution in [0.15, 0.2) is 42.5 Å². The molecule has 6 nitrogen and oxygen atoms in total. The van der Waals surface area contributed by atoms with Gasteiger partial charge in [-0.2, -0.15) is 5.26 Å². The standard InChI is InChI=1S/C22H24N4O2S.ClH/c1-4-28-18-7-5-8-19-20(18)24-22(29-19)26(14-6-13-25(2)3)21(27)17-11-9-16(15-23)10-12-17;/h5,7-12H,4,6,13-14H2,1-3H3;1H. The average Bonchev–Trinajstić information content (AvgIpc) is 3.16. The van der Waals surface area contributed by atoms with Crippen molar-refractivity contribution < 1.29 is 9.53 Å². The molecule has 0 unspecified atom stereocenters. The summed E-state index contributed by atoms with van der Waals surface area (Å²) in [6.45, 7) is 3.92. The fraction of sp³-hybridized carbons (Fsp3) is 0.318. The number of benzene rings is 2. The Morgan fingerprint density at radius 3 is 2.53 bits per heavy atom. The number of rotatable bonds is 8. The molecule has 1 heterocycles. The van der Waals surface area contributed by atoms with Crippen molar-refractivity contribution in [3.05, 3.63) is 53.6 Å². The highest BCUT2D eigenvalue weighted by atomic mass is 35.5. The second-order valence-corrected chi connectivity index (χ2v) is 7.84. The van der Waals surface area contributed by atoms with Gasteiger partial charge < -0.3 is 9.64 Å². The molecule has 3 aromatic rings. The molecular formula is C22H25ClN4O2S. The predicted octanol–water partition coefficient (Wildman–Crippen LogP) is 4.59. The minimum absolute atomic E-state index is 0. The fourth-order valence-electron chi connectivity index (χ4n) is 2.97. The summed E-state index contributed by atoms with van der Waals surface area (Å²) in [5, 5.41) is 9.66. The molecule has 0 N–H and O–H groups in total. The third-order valence-electron chi connectivity index (χ3n) is 4.39. The zero-order valence-electron chi connectivity index (χ0n) is 17.3. The van der Waals surface area contributed by atoms with Crippen molar-refractivity contribution >= 4 is 45.0 Å². The van der Waals surface area contributed by atoms with Crippen molar-refractivity contribution in [3.63, 3.8) is 0 Å². The number of para-hydroxylation sites is 1. The first kappa shape index (κ1) is 23.6. The minimum Gasteiger partial charge on any atom is -0.492 e. The molecule has 0 aliphatic heterocycles. The van der Waals surface area contributed by atoms with Gasteiger partial charge in [-0.1, -0.05) is 17.4 Å². The smallest absolute Gasteiger partial charge is 0.260 e. The molecule has 0 spiro atoms. The lowest BCUT2D eigenvalue weighted by Crippen LogP contribution is -2.33. The molecule has 0 atom stereocenters. The van der Waals surface area contributed by atoms with E-state index in [9.17, 15) is 4.79 Å². The molecule has 158 valence electrons. The highest BCUT2D eigenvalue weighted by molar-refractivity contribution is 7.22. The Morgan fingerprint density at radius 1 is 1.17 bits per heavy atom. The van der Waals surface area contributed by atoms with Gasteiger partial charge in [-0.05, 0) is 70.4 Å². The molecule has 1 amide bonds. The van der Waals surface area contributed by atoms with E-state index in [0.29, 0.717) is 29.4 Å². The van der Waals surface area contributed by atoms with E-state index in [0.717, 1.165) is 28.9 Å². The third-order valence-corrected chi connectivity index (χ3v) is 5.44. The van der Waals surface area contributed by atoms with E-state index < -0.39 is 0 Å². The van der Waals surface area contributed by atoms with Crippen LogP contribution in [0.4, 0.5) is 5.13 Å². The molecule has 0 aliphatic carbocycles. The number of thiazole rings is 1. The van der Waals surface area contributed by atoms with Gasteiger partial charge in [0, 0.05) is 12.1 Å². The Bertz CT molecular complexity index is 1030. The number of nitrogens with zero attached hydrogens (tertiary/aromatic N) is 4. The normalized spacial score (nSPS) is 10.5. The van der Waals surface area contributed by atoms with Crippen LogP contribution in [0, 0.1) is 11.3 Å². The zero-order valence-corrected chi connectivity index (χ0v) is 18.9. The zero-order chi connectivity index (χ0) is 20.8. The maximum atomic E-state index is 13.3. The van der Waals surface area contributed by atoms with Crippen LogP contribution in [0.1, 0.15) is 29.3 Å². The quantitative estimate of drug-likeness (QED) is 0.508. The number of anilines is 1. The lowest BCUT2D eigenvalue weighted by atomic mass is 10.1. The second-order valence-electron chi connectivity index (χ2n) is 6.84. The Hall–Kier alpha value is -2.66. The molecule has 0 bridgehead atoms. The largest absolute Gasteiger partial charge is 0.492 e. The summed E-state index contributed by atoms with van der Waals surface area (Å²) in [6.07, 6.45) is 0.823. The number of carbonyl (C=O) groups is 1. The predicted molar refractivity (Wildman–Crippen MR) is 124 cm³/mol. The van der Waals surface area contributed by atoms with Gasteiger partial charge in [0.1, 0.15) is 11.3 Å². The van der Waals surface area contributed by atoms with E-state index in [1.54, 1.807) is 29.2 Å². The molecule has 0 saturated carbocycles. The molecule has 8 heteroatoms. The molecule has 0 saturated heterocycles. The Labute approximate surface area is 187 Å². The van der Waals surface area contributed by atoms with Crippen LogP contribution in [0.3, 0.4) is 0 Å². The van der Waals surface area contributed by atoms with Gasteiger partial charge in [-0.15, -0.1) is 12.4 Å². The lowest BCUT2D eigenvalue weighted by Gasteiger charge is -2.21. The SMILES string of the molecule is CCOc1cccc2sc(N(CCCN(C)C)C(=O)c3ccc(C#N)cc3)nc12.Cl. The summed E-state index contributed by atoms with van der Waals surface area (Å²) >= 11 is 1.48. The van der Waals surface area contributed by atoms with Crippen LogP contribution < -0.4 is 9.64 Å². The summed E-state index contributed by atoms with van der Waals surface area (Å²) in [7, 11) is 4.03. The molecule has 1 aromatic heterocycles. The lowest BCUT2D eigenvalue weighted by molar-refractivity contribution is 0.0986. The van der Waals surface area contributed by atoms with Gasteiger partial charge in [-0.25, -0.2) is 4.98 Å². The molecule has 0 aliphatic rings. The number of nitriles is 1. The van der Waals surface area contributed by atoms with Gasteiger partial charge in [-0.3, -0.25) is 9.69 Å². The molecule has 0 radical (unpaired) electrons. The molecule has 30 heavy (non-hydrogen) atoms. The monoisotopic (exact) mass is 444 g/mol. The third kappa shape index (κ3) is 5.48. The number of carbonyl (C=O) groups excluding carboxylic acids is 1. The number of halogens is 1. The molecule has 3 rings (SSSR count). The van der Waals surface area contributed by atoms with E-state index in [1.165, 1.54) is 11.3 Å². The van der Waals surface area contributed by atoms with E-state index in [2.05, 4.69) is 11.0 Å². The first-order valence-electron chi connectivity index (χ1n) is 9.52. The molecule has 2 aromatic carbocycles. The minimum atomic E-state index is -0.120. The molecular weight excluding hydrogens is 420 g/mol. The number of ether oxygens (including phenoxy) is 1. The van der Waals surface area contributed by atoms with E-state index >= 15 is 0 Å². The first-order valence-corrected chi connectivity index (χ1v) is 10.3. The van der Waals surface area contributed by atoms with Crippen LogP contribution >= 0.6 is 23.7 Å². The fourth-order valence-corrected chi connectivity index (χ4v) is 3.98. The van der Waals surface area contributed by atoms with Crippen LogP contribution in [0.5, 0.6) is 5.75 Å². The van der Waals surface area contributed by atoms with Gasteiger partial charge >= 0.3 is 0 Å². The first-order chi connectivity index (χ1) is 14.0. The van der Waals surface area contributed by atoms with Gasteiger partial charge in [0.25, 0.3) is 5.91 Å². The van der Waals surface area contributed by atoms with Gasteiger partial charge in [0.15, 0.2) is 5.13 Å². The number of hydrogen-bond acceptors (Lipinski definition) is 6. The van der Waals surface area contributed by atoms with Crippen LogP contribution in [-0.2, 0) is 0 Å². The average molecular weight is 445 g/mol. The van der Waals surface area contributed by atoms with Crippen molar-refractivity contribution in [2.45, 2.75) is 13.3 Å². The number of amides is 1. The summed E-state index contributed by atoms with van der Waals surface area (Å²) in [6, 6.07) is 14.6. The Balaban J connectivity index is 0.00000320. The van der Waals surface area contributed by atoms with E-state index in [-0.39, 0.29) is 18.3 Å². The Morgan fingerprint density at radius 2 is 1.90 bits per heavy atom.